The van der Waals surface area contributed by atoms with Gasteiger partial charge in [-0.05, 0) is 110 Å². The van der Waals surface area contributed by atoms with E-state index in [2.05, 4.69) is 45.0 Å². The summed E-state index contributed by atoms with van der Waals surface area (Å²) in [6.07, 6.45) is 9.49. The highest BCUT2D eigenvalue weighted by Crippen LogP contribution is 2.59. The second-order valence-electron chi connectivity index (χ2n) is 17.8. The minimum absolute atomic E-state index is 0. The van der Waals surface area contributed by atoms with Crippen LogP contribution in [-0.2, 0) is 19.1 Å². The molecule has 12 nitrogen and oxygen atoms in total. The lowest BCUT2D eigenvalue weighted by atomic mass is 9.86. The molecule has 5 aliphatic rings. The molecule has 0 bridgehead atoms. The Labute approximate surface area is 386 Å². The van der Waals surface area contributed by atoms with Gasteiger partial charge in [-0.25, -0.2) is 14.8 Å². The van der Waals surface area contributed by atoms with Crippen LogP contribution in [0.2, 0.25) is 0 Å². The van der Waals surface area contributed by atoms with Crippen LogP contribution in [-0.4, -0.2) is 87.1 Å². The fourth-order valence-corrected chi connectivity index (χ4v) is 9.49. The van der Waals surface area contributed by atoms with E-state index in [4.69, 9.17) is 19.4 Å². The molecule has 2 aromatic heterocycles. The molecule has 3 amide bonds. The summed E-state index contributed by atoms with van der Waals surface area (Å²) in [6, 6.07) is 13.2. The number of nitrogens with zero attached hydrogens (tertiary/aromatic N) is 4. The molecule has 330 valence electrons. The number of methoxy groups -OCH3 is 1. The number of fused-ring (bicyclic) bond motifs is 1. The molecule has 16 heteroatoms. The summed E-state index contributed by atoms with van der Waals surface area (Å²) in [6.45, 7) is 8.94. The first-order valence-electron chi connectivity index (χ1n) is 20.7. The van der Waals surface area contributed by atoms with Gasteiger partial charge in [0.15, 0.2) is 0 Å². The number of likely N-dealkylation sites (tertiary alicyclic amines) is 2. The van der Waals surface area contributed by atoms with Crippen LogP contribution in [0.4, 0.5) is 4.79 Å². The van der Waals surface area contributed by atoms with Crippen LogP contribution >= 0.6 is 54.0 Å². The third-order valence-electron chi connectivity index (χ3n) is 13.5. The quantitative estimate of drug-likeness (QED) is 0.157. The van der Waals surface area contributed by atoms with Crippen molar-refractivity contribution in [3.8, 4) is 23.1 Å². The van der Waals surface area contributed by atoms with Gasteiger partial charge in [0.05, 0.1) is 42.1 Å². The zero-order valence-electron chi connectivity index (χ0n) is 35.4. The van der Waals surface area contributed by atoms with E-state index in [0.29, 0.717) is 12.5 Å². The van der Waals surface area contributed by atoms with Crippen LogP contribution < -0.4 is 5.32 Å². The summed E-state index contributed by atoms with van der Waals surface area (Å²) in [7, 11) is 1.31. The van der Waals surface area contributed by atoms with Gasteiger partial charge >= 0.3 is 6.09 Å². The van der Waals surface area contributed by atoms with E-state index in [1.54, 1.807) is 0 Å². The highest BCUT2D eigenvalue weighted by molar-refractivity contribution is 7.59. The van der Waals surface area contributed by atoms with Crippen molar-refractivity contribution in [2.45, 2.75) is 90.3 Å². The lowest BCUT2D eigenvalue weighted by Gasteiger charge is -2.32. The van der Waals surface area contributed by atoms with Crippen LogP contribution in [0, 0.1) is 40.4 Å². The number of H-pyrrole nitrogens is 2. The van der Waals surface area contributed by atoms with E-state index in [1.807, 2.05) is 61.3 Å². The number of hydrogen-bond acceptors (Lipinski definition) is 7. The molecule has 4 atom stereocenters. The van der Waals surface area contributed by atoms with Gasteiger partial charge in [0.2, 0.25) is 11.8 Å². The first-order chi connectivity index (χ1) is 27.5. The summed E-state index contributed by atoms with van der Waals surface area (Å²) in [4.78, 5) is 60.7. The molecule has 9 rings (SSSR count). The Hall–Kier alpha value is -3.75. The SMILES string of the molecule is COC(=O)N[C@H](C(=O)N1CC2(CC2)C[C@H]1c1ncc(-c2ccc(C#Cc3ccc4nc([C@@H]5CC6(CC6)CN5C(=O)[C@@H](C)C5CCOCC5)[nH]c4c3)cc2)[nH]1)C(C)C.S.S.S.S. The lowest BCUT2D eigenvalue weighted by molar-refractivity contribution is -0.139. The predicted octanol–water partition coefficient (Wildman–Crippen LogP) is 7.35. The smallest absolute Gasteiger partial charge is 0.407 e. The molecule has 3 saturated heterocycles. The molecular weight excluding hydrogens is 847 g/mol. The molecule has 3 N–H and O–H groups in total. The number of aromatic amines is 2. The Morgan fingerprint density at radius 1 is 0.820 bits per heavy atom. The molecule has 0 radical (unpaired) electrons. The van der Waals surface area contributed by atoms with Gasteiger partial charge in [0.25, 0.3) is 0 Å². The van der Waals surface area contributed by atoms with Crippen molar-refractivity contribution in [1.82, 2.24) is 35.1 Å². The first-order valence-corrected chi connectivity index (χ1v) is 20.7. The Bertz CT molecular complexity index is 2260. The second kappa shape index (κ2) is 19.3. The lowest BCUT2D eigenvalue weighted by Crippen LogP contribution is -2.51. The van der Waals surface area contributed by atoms with Crippen LogP contribution in [0.5, 0.6) is 0 Å². The average Bonchev–Trinajstić information content (AvgIpc) is 3.84. The number of carbonyl (C=O) groups is 3. The Kier molecular flexibility index (Phi) is 15.3. The maximum Gasteiger partial charge on any atom is 0.407 e. The zero-order chi connectivity index (χ0) is 39.5. The molecule has 0 unspecified atom stereocenters. The molecule has 2 aromatic carbocycles. The number of carbonyl (C=O) groups excluding carboxylic acids is 3. The standard InChI is InChI=1S/C45H53N7O5.4H2S/c1-27(2)38(50-43(55)56-4)42(54)52-26-44(15-16-44)22-36(52)39-46-24-35(49-39)32-10-7-29(8-11-32)5-6-30-9-12-33-34(21-30)48-40(47-33)37-23-45(17-18-45)25-51(37)41(53)28(3)31-13-19-57-20-14-31;;;;/h7-12,21,24,27-28,31,36-38H,13-20,22-23,25-26H2,1-4H3,(H,46,49)(H,47,48)(H,50,55);4*1H2/t28-,36-,37-,38-;;;;/m0..../s1. The number of imidazole rings is 2. The molecule has 5 heterocycles. The number of rotatable bonds is 8. The molecule has 3 aliphatic heterocycles. The maximum atomic E-state index is 13.9. The summed E-state index contributed by atoms with van der Waals surface area (Å²) >= 11 is 0. The molecule has 2 aliphatic carbocycles. The number of aromatic nitrogens is 4. The molecule has 2 spiro atoms. The topological polar surface area (TPSA) is 146 Å². The molecular formula is C45H61N7O5S4. The van der Waals surface area contributed by atoms with Crippen LogP contribution in [0.3, 0.4) is 0 Å². The minimum atomic E-state index is -0.679. The van der Waals surface area contributed by atoms with Gasteiger partial charge in [0, 0.05) is 43.3 Å². The Balaban J connectivity index is 0.00000176. The third kappa shape index (κ3) is 9.91. The fourth-order valence-electron chi connectivity index (χ4n) is 9.49. The van der Waals surface area contributed by atoms with E-state index in [0.717, 1.165) is 103 Å². The number of ether oxygens (including phenoxy) is 2. The predicted molar refractivity (Wildman–Crippen MR) is 256 cm³/mol. The second-order valence-corrected chi connectivity index (χ2v) is 17.8. The average molecular weight is 908 g/mol. The third-order valence-corrected chi connectivity index (χ3v) is 13.5. The highest BCUT2D eigenvalue weighted by Gasteiger charge is 2.56. The number of hydrogen-bond donors (Lipinski definition) is 3. The van der Waals surface area contributed by atoms with Gasteiger partial charge in [-0.1, -0.05) is 44.7 Å². The van der Waals surface area contributed by atoms with Crippen molar-refractivity contribution < 1.29 is 23.9 Å². The summed E-state index contributed by atoms with van der Waals surface area (Å²) in [5.74, 6) is 8.69. The normalized spacial score (nSPS) is 21.6. The van der Waals surface area contributed by atoms with Crippen molar-refractivity contribution in [2.75, 3.05) is 33.4 Å². The fraction of sp³-hybridized carbons (Fsp3) is 0.533. The van der Waals surface area contributed by atoms with Gasteiger partial charge < -0.3 is 34.6 Å². The molecule has 2 saturated carbocycles. The first kappa shape index (κ1) is 48.3. The van der Waals surface area contributed by atoms with Crippen LogP contribution in [0.1, 0.15) is 107 Å². The van der Waals surface area contributed by atoms with Gasteiger partial charge in [-0.3, -0.25) is 9.59 Å². The highest BCUT2D eigenvalue weighted by atomic mass is 32.1. The number of alkyl carbamates (subject to hydrolysis) is 1. The molecule has 61 heavy (non-hydrogen) atoms. The largest absolute Gasteiger partial charge is 0.453 e. The van der Waals surface area contributed by atoms with E-state index in [1.165, 1.54) is 20.0 Å². The number of benzene rings is 2. The van der Waals surface area contributed by atoms with E-state index < -0.39 is 12.1 Å². The van der Waals surface area contributed by atoms with Gasteiger partial charge in [-0.15, -0.1) is 0 Å². The van der Waals surface area contributed by atoms with Crippen molar-refractivity contribution >= 4 is 82.9 Å². The molecule has 4 aromatic rings. The summed E-state index contributed by atoms with van der Waals surface area (Å²) in [5.41, 5.74) is 5.82. The van der Waals surface area contributed by atoms with Crippen molar-refractivity contribution in [3.63, 3.8) is 0 Å². The molecule has 5 fully saturated rings. The van der Waals surface area contributed by atoms with Gasteiger partial charge in [-0.2, -0.15) is 54.0 Å². The minimum Gasteiger partial charge on any atom is -0.453 e. The van der Waals surface area contributed by atoms with Crippen molar-refractivity contribution in [3.05, 3.63) is 71.4 Å². The summed E-state index contributed by atoms with van der Waals surface area (Å²) < 4.78 is 10.4. The summed E-state index contributed by atoms with van der Waals surface area (Å²) in [5, 5.41) is 2.75. The maximum absolute atomic E-state index is 13.9. The van der Waals surface area contributed by atoms with Gasteiger partial charge in [0.1, 0.15) is 17.7 Å². The number of amides is 3. The van der Waals surface area contributed by atoms with E-state index >= 15 is 0 Å². The van der Waals surface area contributed by atoms with Crippen LogP contribution in [0.25, 0.3) is 22.3 Å². The monoisotopic (exact) mass is 907 g/mol. The number of nitrogens with one attached hydrogen (secondary N) is 3. The Morgan fingerprint density at radius 3 is 2.02 bits per heavy atom. The van der Waals surface area contributed by atoms with Crippen molar-refractivity contribution in [1.29, 1.82) is 0 Å². The van der Waals surface area contributed by atoms with Crippen LogP contribution in [0.15, 0.2) is 48.7 Å². The Morgan fingerprint density at radius 2 is 1.41 bits per heavy atom. The van der Waals surface area contributed by atoms with E-state index in [-0.39, 0.29) is 101 Å². The zero-order valence-corrected chi connectivity index (χ0v) is 39.4. The van der Waals surface area contributed by atoms with E-state index in [9.17, 15) is 14.4 Å². The van der Waals surface area contributed by atoms with Crippen molar-refractivity contribution in [2.24, 2.45) is 28.6 Å².